The molecule has 1 aliphatic carbocycles. The summed E-state index contributed by atoms with van der Waals surface area (Å²) in [5.74, 6) is -4.42. The smallest absolute Gasteiger partial charge is 0.321 e. The predicted octanol–water partition coefficient (Wildman–Crippen LogP) is 1.56. The Morgan fingerprint density at radius 3 is 2.42 bits per heavy atom. The molecule has 0 radical (unpaired) electrons. The lowest BCUT2D eigenvalue weighted by molar-refractivity contribution is -0.143. The molecule has 4 heteroatoms. The molecular weight excluding hydrogens is 164 g/mol. The van der Waals surface area contributed by atoms with Crippen LogP contribution in [0.4, 0.5) is 8.78 Å². The van der Waals surface area contributed by atoms with Crippen molar-refractivity contribution in [2.75, 3.05) is 6.54 Å². The SMILES string of the molecule is CC1(CNC(=O)C(C)(F)F)CC1. The molecule has 12 heavy (non-hydrogen) atoms. The second kappa shape index (κ2) is 2.68. The van der Waals surface area contributed by atoms with E-state index in [2.05, 4.69) is 5.32 Å². The Kier molecular flexibility index (Phi) is 2.10. The normalized spacial score (nSPS) is 20.3. The van der Waals surface area contributed by atoms with Crippen LogP contribution in [-0.4, -0.2) is 18.4 Å². The van der Waals surface area contributed by atoms with Gasteiger partial charge >= 0.3 is 5.92 Å². The Morgan fingerprint density at radius 1 is 1.58 bits per heavy atom. The van der Waals surface area contributed by atoms with Crippen LogP contribution in [0.15, 0.2) is 0 Å². The van der Waals surface area contributed by atoms with Crippen molar-refractivity contribution in [3.05, 3.63) is 0 Å². The van der Waals surface area contributed by atoms with Gasteiger partial charge in [-0.2, -0.15) is 8.78 Å². The Labute approximate surface area is 70.3 Å². The van der Waals surface area contributed by atoms with E-state index < -0.39 is 11.8 Å². The van der Waals surface area contributed by atoms with Gasteiger partial charge in [0.15, 0.2) is 0 Å². The van der Waals surface area contributed by atoms with Crippen LogP contribution in [-0.2, 0) is 4.79 Å². The fourth-order valence-electron chi connectivity index (χ4n) is 0.839. The molecule has 1 fully saturated rings. The lowest BCUT2D eigenvalue weighted by Gasteiger charge is -2.13. The summed E-state index contributed by atoms with van der Waals surface area (Å²) in [6, 6.07) is 0. The number of rotatable bonds is 3. The van der Waals surface area contributed by atoms with Crippen molar-refractivity contribution in [3.63, 3.8) is 0 Å². The number of alkyl halides is 2. The third-order valence-electron chi connectivity index (χ3n) is 2.18. The molecule has 1 rings (SSSR count). The highest BCUT2D eigenvalue weighted by Crippen LogP contribution is 2.44. The third-order valence-corrected chi connectivity index (χ3v) is 2.18. The summed E-state index contributed by atoms with van der Waals surface area (Å²) in [6.45, 7) is 2.95. The van der Waals surface area contributed by atoms with Crippen molar-refractivity contribution in [2.24, 2.45) is 5.41 Å². The topological polar surface area (TPSA) is 29.1 Å². The van der Waals surface area contributed by atoms with Crippen molar-refractivity contribution in [1.82, 2.24) is 5.32 Å². The summed E-state index contributed by atoms with van der Waals surface area (Å²) in [5, 5.41) is 2.24. The van der Waals surface area contributed by atoms with Crippen molar-refractivity contribution in [3.8, 4) is 0 Å². The quantitative estimate of drug-likeness (QED) is 0.696. The first kappa shape index (κ1) is 9.42. The number of hydrogen-bond donors (Lipinski definition) is 1. The molecule has 0 heterocycles. The van der Waals surface area contributed by atoms with E-state index >= 15 is 0 Å². The van der Waals surface area contributed by atoms with E-state index in [1.54, 1.807) is 0 Å². The van der Waals surface area contributed by atoms with Crippen LogP contribution in [0.5, 0.6) is 0 Å². The van der Waals surface area contributed by atoms with E-state index in [0.29, 0.717) is 13.5 Å². The van der Waals surface area contributed by atoms with Crippen molar-refractivity contribution < 1.29 is 13.6 Å². The average molecular weight is 177 g/mol. The number of carbonyl (C=O) groups is 1. The average Bonchev–Trinajstić information content (AvgIpc) is 2.62. The molecule has 1 amide bonds. The Morgan fingerprint density at radius 2 is 2.08 bits per heavy atom. The van der Waals surface area contributed by atoms with Gasteiger partial charge in [-0.25, -0.2) is 0 Å². The molecule has 70 valence electrons. The van der Waals surface area contributed by atoms with Crippen LogP contribution in [0.1, 0.15) is 26.7 Å². The van der Waals surface area contributed by atoms with Gasteiger partial charge in [-0.05, 0) is 18.3 Å². The number of carbonyl (C=O) groups excluding carboxylic acids is 1. The van der Waals surface area contributed by atoms with Crippen LogP contribution in [0.2, 0.25) is 0 Å². The van der Waals surface area contributed by atoms with Gasteiger partial charge in [-0.1, -0.05) is 6.92 Å². The van der Waals surface area contributed by atoms with E-state index in [-0.39, 0.29) is 5.41 Å². The number of hydrogen-bond acceptors (Lipinski definition) is 1. The van der Waals surface area contributed by atoms with Gasteiger partial charge in [0.05, 0.1) is 0 Å². The van der Waals surface area contributed by atoms with Crippen molar-refractivity contribution in [2.45, 2.75) is 32.6 Å². The highest BCUT2D eigenvalue weighted by molar-refractivity contribution is 5.82. The van der Waals surface area contributed by atoms with Crippen LogP contribution >= 0.6 is 0 Å². The Balaban J connectivity index is 2.28. The van der Waals surface area contributed by atoms with E-state index in [9.17, 15) is 13.6 Å². The first-order valence-electron chi connectivity index (χ1n) is 4.00. The zero-order valence-corrected chi connectivity index (χ0v) is 7.29. The van der Waals surface area contributed by atoms with Crippen LogP contribution in [0.25, 0.3) is 0 Å². The maximum Gasteiger partial charge on any atom is 0.321 e. The molecule has 1 N–H and O–H groups in total. The van der Waals surface area contributed by atoms with Gasteiger partial charge in [-0.3, -0.25) is 4.79 Å². The fraction of sp³-hybridized carbons (Fsp3) is 0.875. The number of amides is 1. The second-order valence-electron chi connectivity index (χ2n) is 3.88. The molecular formula is C8H13F2NO. The molecule has 1 saturated carbocycles. The molecule has 0 bridgehead atoms. The first-order valence-corrected chi connectivity index (χ1v) is 4.00. The summed E-state index contributed by atoms with van der Waals surface area (Å²) >= 11 is 0. The largest absolute Gasteiger partial charge is 0.350 e. The minimum Gasteiger partial charge on any atom is -0.350 e. The minimum absolute atomic E-state index is 0.0842. The number of halogens is 2. The van der Waals surface area contributed by atoms with Crippen LogP contribution in [0, 0.1) is 5.41 Å². The Bertz CT molecular complexity index is 194. The highest BCUT2D eigenvalue weighted by Gasteiger charge is 2.39. The van der Waals surface area contributed by atoms with E-state index in [1.807, 2.05) is 6.92 Å². The van der Waals surface area contributed by atoms with Gasteiger partial charge < -0.3 is 5.32 Å². The summed E-state index contributed by atoms with van der Waals surface area (Å²) in [6.07, 6.45) is 2.03. The van der Waals surface area contributed by atoms with Gasteiger partial charge in [0, 0.05) is 13.5 Å². The molecule has 0 aromatic heterocycles. The fourth-order valence-corrected chi connectivity index (χ4v) is 0.839. The van der Waals surface area contributed by atoms with Gasteiger partial charge in [0.25, 0.3) is 5.91 Å². The molecule has 0 aliphatic heterocycles. The maximum absolute atomic E-state index is 12.3. The zero-order valence-electron chi connectivity index (χ0n) is 7.29. The van der Waals surface area contributed by atoms with Gasteiger partial charge in [-0.15, -0.1) is 0 Å². The highest BCUT2D eigenvalue weighted by atomic mass is 19.3. The molecule has 0 saturated heterocycles. The second-order valence-corrected chi connectivity index (χ2v) is 3.88. The van der Waals surface area contributed by atoms with Crippen LogP contribution in [0.3, 0.4) is 0 Å². The molecule has 1 aliphatic rings. The predicted molar refractivity (Wildman–Crippen MR) is 41.0 cm³/mol. The Hall–Kier alpha value is -0.670. The lowest BCUT2D eigenvalue weighted by Crippen LogP contribution is -2.40. The maximum atomic E-state index is 12.3. The lowest BCUT2D eigenvalue weighted by atomic mass is 10.1. The molecule has 0 unspecified atom stereocenters. The zero-order chi connectivity index (χ0) is 9.41. The van der Waals surface area contributed by atoms with E-state index in [0.717, 1.165) is 12.8 Å². The summed E-state index contributed by atoms with van der Waals surface area (Å²) in [5.41, 5.74) is 0.0842. The third kappa shape index (κ3) is 2.43. The molecule has 0 aromatic carbocycles. The summed E-state index contributed by atoms with van der Waals surface area (Å²) in [4.78, 5) is 10.7. The van der Waals surface area contributed by atoms with Gasteiger partial charge in [0.1, 0.15) is 0 Å². The summed E-state index contributed by atoms with van der Waals surface area (Å²) < 4.78 is 24.6. The molecule has 2 nitrogen and oxygen atoms in total. The van der Waals surface area contributed by atoms with Crippen molar-refractivity contribution >= 4 is 5.91 Å². The summed E-state index contributed by atoms with van der Waals surface area (Å²) in [7, 11) is 0. The number of nitrogens with one attached hydrogen (secondary N) is 1. The molecule has 0 aromatic rings. The molecule has 0 spiro atoms. The molecule has 0 atom stereocenters. The monoisotopic (exact) mass is 177 g/mol. The standard InChI is InChI=1S/C8H13F2NO/c1-7(3-4-7)5-11-6(12)8(2,9)10/h3-5H2,1-2H3,(H,11,12). The van der Waals surface area contributed by atoms with Crippen molar-refractivity contribution in [1.29, 1.82) is 0 Å². The van der Waals surface area contributed by atoms with E-state index in [1.165, 1.54) is 0 Å². The van der Waals surface area contributed by atoms with Crippen LogP contribution < -0.4 is 5.32 Å². The minimum atomic E-state index is -3.24. The van der Waals surface area contributed by atoms with Gasteiger partial charge in [0.2, 0.25) is 0 Å². The first-order chi connectivity index (χ1) is 5.33. The van der Waals surface area contributed by atoms with E-state index in [4.69, 9.17) is 0 Å².